The van der Waals surface area contributed by atoms with Crippen LogP contribution in [0.15, 0.2) is 73.1 Å². The van der Waals surface area contributed by atoms with Crippen molar-refractivity contribution in [2.75, 3.05) is 44.0 Å². The van der Waals surface area contributed by atoms with Crippen LogP contribution in [0, 0.1) is 10.8 Å². The van der Waals surface area contributed by atoms with Crippen LogP contribution in [0.2, 0.25) is 0 Å². The molecule has 56 heavy (non-hydrogen) atoms. The molecular formula is C45H65N5O6. The summed E-state index contributed by atoms with van der Waals surface area (Å²) in [6.07, 6.45) is 9.54. The lowest BCUT2D eigenvalue weighted by Gasteiger charge is -2.17. The van der Waals surface area contributed by atoms with E-state index in [0.717, 1.165) is 44.3 Å². The number of β-amino-alcohol motifs (C(OH)–C–C–N with tert-alkyl or cyclic N) is 1. The first-order valence-electron chi connectivity index (χ1n) is 20.5. The Morgan fingerprint density at radius 1 is 0.839 bits per heavy atom. The molecule has 2 amide bonds. The van der Waals surface area contributed by atoms with Gasteiger partial charge in [0.15, 0.2) is 11.5 Å². The highest BCUT2D eigenvalue weighted by atomic mass is 16.5. The van der Waals surface area contributed by atoms with Crippen LogP contribution in [0.5, 0.6) is 23.0 Å². The van der Waals surface area contributed by atoms with E-state index >= 15 is 0 Å². The normalized spacial score (nSPS) is 16.5. The lowest BCUT2D eigenvalue weighted by molar-refractivity contribution is -0.131. The Morgan fingerprint density at radius 3 is 2.07 bits per heavy atom. The molecule has 1 saturated heterocycles. The second kappa shape index (κ2) is 22.7. The molecule has 0 bridgehead atoms. The molecule has 7 rings (SSSR count). The number of carbonyl (C=O) groups is 2. The van der Waals surface area contributed by atoms with Crippen molar-refractivity contribution in [1.29, 1.82) is 0 Å². The highest BCUT2D eigenvalue weighted by molar-refractivity contribution is 6.16. The highest BCUT2D eigenvalue weighted by Crippen LogP contribution is 2.52. The summed E-state index contributed by atoms with van der Waals surface area (Å²) < 4.78 is 17.9. The van der Waals surface area contributed by atoms with Gasteiger partial charge in [0.1, 0.15) is 22.7 Å². The van der Waals surface area contributed by atoms with Gasteiger partial charge in [-0.2, -0.15) is 0 Å². The number of methoxy groups -OCH3 is 1. The van der Waals surface area contributed by atoms with Gasteiger partial charge in [-0.05, 0) is 68.5 Å². The van der Waals surface area contributed by atoms with Crippen LogP contribution < -0.4 is 24.8 Å². The maximum atomic E-state index is 13.0. The number of aromatic nitrogens is 2. The molecule has 1 atom stereocenters. The minimum absolute atomic E-state index is 0.156. The van der Waals surface area contributed by atoms with Crippen LogP contribution in [0.4, 0.5) is 11.5 Å². The molecule has 3 heterocycles. The Bertz CT molecular complexity index is 1780. The number of rotatable bonds is 12. The SMILES string of the molecule is CC.CC.CCC.CCC.COc1cc2c(Oc3ccc(NC(=O)C4(C(=O)Nc5ccccc5)CC4)nc3)ccnc2cc1OCCCN1CC(O)C2(CC2)C1. The van der Waals surface area contributed by atoms with Gasteiger partial charge in [-0.3, -0.25) is 19.5 Å². The van der Waals surface area contributed by atoms with E-state index < -0.39 is 5.41 Å². The number of amides is 2. The zero-order chi connectivity index (χ0) is 41.1. The molecule has 2 aliphatic carbocycles. The Hall–Kier alpha value is -4.74. The third-order valence-electron chi connectivity index (χ3n) is 9.29. The maximum Gasteiger partial charge on any atom is 0.241 e. The number of anilines is 2. The van der Waals surface area contributed by atoms with E-state index in [1.807, 2.05) is 58.0 Å². The topological polar surface area (TPSA) is 135 Å². The summed E-state index contributed by atoms with van der Waals surface area (Å²) in [5, 5.41) is 16.6. The number of pyridine rings is 2. The number of fused-ring (bicyclic) bond motifs is 1. The van der Waals surface area contributed by atoms with E-state index in [9.17, 15) is 14.7 Å². The predicted octanol–water partition coefficient (Wildman–Crippen LogP) is 9.90. The van der Waals surface area contributed by atoms with Crippen LogP contribution >= 0.6 is 0 Å². The monoisotopic (exact) mass is 771 g/mol. The van der Waals surface area contributed by atoms with E-state index in [4.69, 9.17) is 14.2 Å². The predicted molar refractivity (Wildman–Crippen MR) is 227 cm³/mol. The van der Waals surface area contributed by atoms with Gasteiger partial charge in [0.05, 0.1) is 31.5 Å². The summed E-state index contributed by atoms with van der Waals surface area (Å²) in [6.45, 7) is 19.6. The summed E-state index contributed by atoms with van der Waals surface area (Å²) >= 11 is 0. The molecule has 1 unspecified atom stereocenters. The fraction of sp³-hybridized carbons (Fsp3) is 0.511. The fourth-order valence-corrected chi connectivity index (χ4v) is 6.17. The van der Waals surface area contributed by atoms with E-state index in [2.05, 4.69) is 53.2 Å². The molecule has 0 radical (unpaired) electrons. The van der Waals surface area contributed by atoms with Crippen molar-refractivity contribution in [3.8, 4) is 23.0 Å². The van der Waals surface area contributed by atoms with Crippen molar-refractivity contribution >= 4 is 34.2 Å². The van der Waals surface area contributed by atoms with Crippen LogP contribution in [-0.2, 0) is 9.59 Å². The summed E-state index contributed by atoms with van der Waals surface area (Å²) in [5.74, 6) is 1.82. The summed E-state index contributed by atoms with van der Waals surface area (Å²) in [7, 11) is 1.60. The van der Waals surface area contributed by atoms with Crippen molar-refractivity contribution in [3.63, 3.8) is 0 Å². The summed E-state index contributed by atoms with van der Waals surface area (Å²) in [5.41, 5.74) is 0.398. The van der Waals surface area contributed by atoms with Crippen LogP contribution in [0.25, 0.3) is 10.9 Å². The minimum atomic E-state index is -1.10. The van der Waals surface area contributed by atoms with Gasteiger partial charge < -0.3 is 30.0 Å². The number of likely N-dealkylation sites (tertiary alicyclic amines) is 1. The van der Waals surface area contributed by atoms with Gasteiger partial charge in [-0.25, -0.2) is 4.98 Å². The molecule has 3 fully saturated rings. The zero-order valence-corrected chi connectivity index (χ0v) is 35.1. The summed E-state index contributed by atoms with van der Waals surface area (Å²) in [6, 6.07) is 17.9. The largest absolute Gasteiger partial charge is 0.493 e. The van der Waals surface area contributed by atoms with Gasteiger partial charge >= 0.3 is 0 Å². The number of aliphatic hydroxyl groups is 1. The van der Waals surface area contributed by atoms with Crippen molar-refractivity contribution in [2.24, 2.45) is 10.8 Å². The average Bonchev–Trinajstić information content (AvgIpc) is 4.15. The van der Waals surface area contributed by atoms with E-state index in [0.29, 0.717) is 59.5 Å². The highest BCUT2D eigenvalue weighted by Gasteiger charge is 2.57. The van der Waals surface area contributed by atoms with Gasteiger partial charge in [-0.1, -0.05) is 86.4 Å². The molecule has 11 nitrogen and oxygen atoms in total. The minimum Gasteiger partial charge on any atom is -0.493 e. The van der Waals surface area contributed by atoms with Gasteiger partial charge in [-0.15, -0.1) is 0 Å². The Balaban J connectivity index is 0.000000770. The number of nitrogens with one attached hydrogen (secondary N) is 2. The average molecular weight is 772 g/mol. The number of para-hydroxylation sites is 1. The first-order chi connectivity index (χ1) is 27.2. The number of benzene rings is 2. The van der Waals surface area contributed by atoms with Crippen LogP contribution in [0.1, 0.15) is 100 Å². The van der Waals surface area contributed by atoms with Crippen LogP contribution in [-0.4, -0.2) is 71.2 Å². The lowest BCUT2D eigenvalue weighted by Crippen LogP contribution is -2.35. The number of ether oxygens (including phenoxy) is 3. The molecule has 306 valence electrons. The number of hydrogen-bond donors (Lipinski definition) is 3. The van der Waals surface area contributed by atoms with Crippen molar-refractivity contribution in [3.05, 3.63) is 73.1 Å². The lowest BCUT2D eigenvalue weighted by atomic mass is 10.0. The van der Waals surface area contributed by atoms with Crippen molar-refractivity contribution in [2.45, 2.75) is 106 Å². The molecule has 11 heteroatoms. The summed E-state index contributed by atoms with van der Waals surface area (Å²) in [4.78, 5) is 37.1. The molecule has 2 aromatic carbocycles. The molecule has 2 saturated carbocycles. The zero-order valence-electron chi connectivity index (χ0n) is 35.1. The number of nitrogens with zero attached hydrogens (tertiary/aromatic N) is 3. The molecule has 4 aromatic rings. The Morgan fingerprint density at radius 2 is 1.50 bits per heavy atom. The van der Waals surface area contributed by atoms with E-state index in [1.54, 1.807) is 43.6 Å². The first kappa shape index (κ1) is 45.6. The van der Waals surface area contributed by atoms with E-state index in [1.165, 1.54) is 19.0 Å². The fourth-order valence-electron chi connectivity index (χ4n) is 6.17. The smallest absolute Gasteiger partial charge is 0.241 e. The third-order valence-corrected chi connectivity index (χ3v) is 9.29. The Kier molecular flexibility index (Phi) is 18.5. The standard InChI is InChI=1S/C35H37N5O6.2C3H8.2C2H6/c1-44-28-18-25-26(19-29(28)45-17-5-16-40-21-30(41)34(22-40)11-12-34)36-15-10-27(25)46-24-8-9-31(37-20-24)39-33(43)35(13-14-35)32(42)38-23-6-3-2-4-7-23;2*1-3-2;2*1-2/h2-4,6-10,15,18-20,30,41H,5,11-14,16-17,21-22H2,1H3,(H,38,42)(H,37,39,43);2*3H2,1-2H3;2*1-2H3. The van der Waals surface area contributed by atoms with E-state index in [-0.39, 0.29) is 23.3 Å². The van der Waals surface area contributed by atoms with Crippen molar-refractivity contribution < 1.29 is 28.9 Å². The molecule has 1 aliphatic heterocycles. The quantitative estimate of drug-likeness (QED) is 0.0950. The molecule has 1 spiro atoms. The second-order valence-corrected chi connectivity index (χ2v) is 13.9. The van der Waals surface area contributed by atoms with Crippen LogP contribution in [0.3, 0.4) is 0 Å². The third kappa shape index (κ3) is 12.1. The van der Waals surface area contributed by atoms with Gasteiger partial charge in [0.2, 0.25) is 11.8 Å². The molecular weight excluding hydrogens is 707 g/mol. The Labute approximate surface area is 334 Å². The van der Waals surface area contributed by atoms with Gasteiger partial charge in [0.25, 0.3) is 0 Å². The number of aliphatic hydroxyl groups excluding tert-OH is 1. The molecule has 3 aliphatic rings. The van der Waals surface area contributed by atoms with Gasteiger partial charge in [0, 0.05) is 48.4 Å². The maximum absolute atomic E-state index is 13.0. The number of hydrogen-bond acceptors (Lipinski definition) is 9. The van der Waals surface area contributed by atoms with Crippen molar-refractivity contribution in [1.82, 2.24) is 14.9 Å². The molecule has 2 aromatic heterocycles. The molecule has 3 N–H and O–H groups in total. The second-order valence-electron chi connectivity index (χ2n) is 13.9. The first-order valence-corrected chi connectivity index (χ1v) is 20.5. The number of carbonyl (C=O) groups excluding carboxylic acids is 2.